The number of carbonyl (C=O) groups excluding carboxylic acids is 2. The molecule has 0 aliphatic heterocycles. The Morgan fingerprint density at radius 2 is 1.72 bits per heavy atom. The van der Waals surface area contributed by atoms with Crippen molar-refractivity contribution in [3.05, 3.63) is 29.8 Å². The normalized spacial score (nSPS) is 10.6. The first-order chi connectivity index (χ1) is 12.0. The van der Waals surface area contributed by atoms with E-state index in [-0.39, 0.29) is 19.1 Å². The largest absolute Gasteiger partial charge is 0.497 e. The van der Waals surface area contributed by atoms with E-state index in [0.29, 0.717) is 24.7 Å². The molecule has 0 N–H and O–H groups in total. The van der Waals surface area contributed by atoms with Gasteiger partial charge < -0.3 is 23.8 Å². The Labute approximate surface area is 148 Å². The molecule has 1 aromatic carbocycles. The molecule has 0 aliphatic rings. The summed E-state index contributed by atoms with van der Waals surface area (Å²) in [4.78, 5) is 25.4. The maximum atomic E-state index is 12.4. The van der Waals surface area contributed by atoms with E-state index in [4.69, 9.17) is 18.9 Å². The Morgan fingerprint density at radius 3 is 2.24 bits per heavy atom. The SMILES string of the molecule is CCOC(=O)CN(CCOC)C(=O)/C=C/c1cc(OC)cc(OC)c1. The number of benzene rings is 1. The smallest absolute Gasteiger partial charge is 0.325 e. The van der Waals surface area contributed by atoms with E-state index in [9.17, 15) is 9.59 Å². The lowest BCUT2D eigenvalue weighted by molar-refractivity contribution is -0.148. The van der Waals surface area contributed by atoms with Crippen LogP contribution in [0.5, 0.6) is 11.5 Å². The number of rotatable bonds is 10. The minimum atomic E-state index is -0.455. The summed E-state index contributed by atoms with van der Waals surface area (Å²) in [6.45, 7) is 2.48. The number of hydrogen-bond acceptors (Lipinski definition) is 6. The van der Waals surface area contributed by atoms with Gasteiger partial charge in [-0.2, -0.15) is 0 Å². The summed E-state index contributed by atoms with van der Waals surface area (Å²) in [7, 11) is 4.64. The maximum Gasteiger partial charge on any atom is 0.325 e. The zero-order valence-electron chi connectivity index (χ0n) is 15.1. The lowest BCUT2D eigenvalue weighted by Crippen LogP contribution is -2.37. The Bertz CT molecular complexity index is 577. The molecular weight excluding hydrogens is 326 g/mol. The van der Waals surface area contributed by atoms with Crippen molar-refractivity contribution in [1.29, 1.82) is 0 Å². The van der Waals surface area contributed by atoms with Crippen LogP contribution in [0.4, 0.5) is 0 Å². The van der Waals surface area contributed by atoms with E-state index in [1.807, 2.05) is 0 Å². The van der Waals surface area contributed by atoms with E-state index in [2.05, 4.69) is 0 Å². The number of nitrogens with zero attached hydrogens (tertiary/aromatic N) is 1. The van der Waals surface area contributed by atoms with Crippen molar-refractivity contribution in [1.82, 2.24) is 4.90 Å². The molecule has 0 saturated carbocycles. The standard InChI is InChI=1S/C18H25NO6/c1-5-25-18(21)13-19(8-9-22-2)17(20)7-6-14-10-15(23-3)12-16(11-14)24-4/h6-7,10-12H,5,8-9,13H2,1-4H3/b7-6+. The first-order valence-corrected chi connectivity index (χ1v) is 7.88. The molecule has 0 saturated heterocycles. The van der Waals surface area contributed by atoms with E-state index in [1.54, 1.807) is 45.4 Å². The zero-order valence-corrected chi connectivity index (χ0v) is 15.1. The lowest BCUT2D eigenvalue weighted by Gasteiger charge is -2.19. The fourth-order valence-electron chi connectivity index (χ4n) is 2.03. The van der Waals surface area contributed by atoms with Crippen LogP contribution in [0.3, 0.4) is 0 Å². The number of esters is 1. The van der Waals surface area contributed by atoms with Crippen molar-refractivity contribution in [3.63, 3.8) is 0 Å². The molecule has 0 spiro atoms. The molecule has 7 nitrogen and oxygen atoms in total. The summed E-state index contributed by atoms with van der Waals surface area (Å²) in [6.07, 6.45) is 3.03. The second-order valence-corrected chi connectivity index (χ2v) is 5.04. The Hall–Kier alpha value is -2.54. The summed E-state index contributed by atoms with van der Waals surface area (Å²) in [5.41, 5.74) is 0.743. The van der Waals surface area contributed by atoms with Gasteiger partial charge >= 0.3 is 5.97 Å². The average molecular weight is 351 g/mol. The predicted octanol–water partition coefficient (Wildman–Crippen LogP) is 1.76. The second-order valence-electron chi connectivity index (χ2n) is 5.04. The third kappa shape index (κ3) is 7.26. The van der Waals surface area contributed by atoms with Crippen LogP contribution in [-0.4, -0.2) is 64.4 Å². The summed E-state index contributed by atoms with van der Waals surface area (Å²) < 4.78 is 20.3. The lowest BCUT2D eigenvalue weighted by atomic mass is 10.2. The van der Waals surface area contributed by atoms with Gasteiger partial charge in [0.25, 0.3) is 0 Å². The highest BCUT2D eigenvalue weighted by molar-refractivity contribution is 5.93. The van der Waals surface area contributed by atoms with Crippen molar-refractivity contribution in [2.45, 2.75) is 6.92 Å². The number of hydrogen-bond donors (Lipinski definition) is 0. The molecule has 7 heteroatoms. The molecule has 0 heterocycles. The van der Waals surface area contributed by atoms with Crippen molar-refractivity contribution in [2.75, 3.05) is 47.6 Å². The Morgan fingerprint density at radius 1 is 1.08 bits per heavy atom. The van der Waals surface area contributed by atoms with Gasteiger partial charge in [-0.3, -0.25) is 9.59 Å². The van der Waals surface area contributed by atoms with Crippen LogP contribution in [0.1, 0.15) is 12.5 Å². The molecule has 0 fully saturated rings. The van der Waals surface area contributed by atoms with Gasteiger partial charge in [-0.05, 0) is 30.7 Å². The number of carbonyl (C=O) groups is 2. The first kappa shape index (κ1) is 20.5. The van der Waals surface area contributed by atoms with Crippen molar-refractivity contribution in [3.8, 4) is 11.5 Å². The van der Waals surface area contributed by atoms with Crippen molar-refractivity contribution < 1.29 is 28.5 Å². The van der Waals surface area contributed by atoms with Gasteiger partial charge in [0.2, 0.25) is 5.91 Å². The number of methoxy groups -OCH3 is 3. The van der Waals surface area contributed by atoms with Crippen LogP contribution in [0.2, 0.25) is 0 Å². The van der Waals surface area contributed by atoms with E-state index >= 15 is 0 Å². The number of ether oxygens (including phenoxy) is 4. The van der Waals surface area contributed by atoms with Gasteiger partial charge in [-0.1, -0.05) is 0 Å². The van der Waals surface area contributed by atoms with Crippen LogP contribution in [0.15, 0.2) is 24.3 Å². The third-order valence-corrected chi connectivity index (χ3v) is 3.29. The zero-order chi connectivity index (χ0) is 18.7. The van der Waals surface area contributed by atoms with E-state index in [1.165, 1.54) is 18.1 Å². The fourth-order valence-corrected chi connectivity index (χ4v) is 2.03. The monoisotopic (exact) mass is 351 g/mol. The topological polar surface area (TPSA) is 74.3 Å². The summed E-state index contributed by atoms with van der Waals surface area (Å²) in [6, 6.07) is 5.29. The quantitative estimate of drug-likeness (QED) is 0.472. The van der Waals surface area contributed by atoms with Gasteiger partial charge in [0.05, 0.1) is 27.4 Å². The molecule has 1 aromatic rings. The Balaban J connectivity index is 2.86. The molecule has 0 bridgehead atoms. The first-order valence-electron chi connectivity index (χ1n) is 7.88. The van der Waals surface area contributed by atoms with Crippen LogP contribution in [-0.2, 0) is 19.1 Å². The highest BCUT2D eigenvalue weighted by Crippen LogP contribution is 2.23. The summed E-state index contributed by atoms with van der Waals surface area (Å²) in [5.74, 6) is 0.471. The molecule has 0 radical (unpaired) electrons. The summed E-state index contributed by atoms with van der Waals surface area (Å²) >= 11 is 0. The van der Waals surface area contributed by atoms with E-state index in [0.717, 1.165) is 5.56 Å². The van der Waals surface area contributed by atoms with Crippen LogP contribution in [0, 0.1) is 0 Å². The van der Waals surface area contributed by atoms with Gasteiger partial charge in [-0.25, -0.2) is 0 Å². The average Bonchev–Trinajstić information content (AvgIpc) is 2.62. The third-order valence-electron chi connectivity index (χ3n) is 3.29. The van der Waals surface area contributed by atoms with Gasteiger partial charge in [0.1, 0.15) is 18.0 Å². The second kappa shape index (κ2) is 11.1. The molecule has 1 amide bonds. The van der Waals surface area contributed by atoms with Crippen molar-refractivity contribution in [2.24, 2.45) is 0 Å². The van der Waals surface area contributed by atoms with Crippen LogP contribution < -0.4 is 9.47 Å². The van der Waals surface area contributed by atoms with Gasteiger partial charge in [0.15, 0.2) is 0 Å². The van der Waals surface area contributed by atoms with Crippen LogP contribution >= 0.6 is 0 Å². The van der Waals surface area contributed by atoms with Gasteiger partial charge in [0, 0.05) is 25.8 Å². The fraction of sp³-hybridized carbons (Fsp3) is 0.444. The molecule has 0 aliphatic carbocycles. The highest BCUT2D eigenvalue weighted by Gasteiger charge is 2.15. The molecule has 138 valence electrons. The van der Waals surface area contributed by atoms with Crippen LogP contribution in [0.25, 0.3) is 6.08 Å². The van der Waals surface area contributed by atoms with Gasteiger partial charge in [-0.15, -0.1) is 0 Å². The predicted molar refractivity (Wildman–Crippen MR) is 93.7 cm³/mol. The Kier molecular flexibility index (Phi) is 9.10. The minimum absolute atomic E-state index is 0.123. The molecule has 0 unspecified atom stereocenters. The molecule has 1 rings (SSSR count). The van der Waals surface area contributed by atoms with E-state index < -0.39 is 5.97 Å². The minimum Gasteiger partial charge on any atom is -0.497 e. The highest BCUT2D eigenvalue weighted by atomic mass is 16.5. The summed E-state index contributed by atoms with van der Waals surface area (Å²) in [5, 5.41) is 0. The molecule has 25 heavy (non-hydrogen) atoms. The molecular formula is C18H25NO6. The number of amides is 1. The van der Waals surface area contributed by atoms with Crippen molar-refractivity contribution >= 4 is 18.0 Å². The molecule has 0 atom stereocenters. The molecule has 0 aromatic heterocycles. The maximum absolute atomic E-state index is 12.4.